The highest BCUT2D eigenvalue weighted by Gasteiger charge is 2.38. The molecule has 33 heavy (non-hydrogen) atoms. The number of pyridine rings is 1. The number of halogens is 3. The van der Waals surface area contributed by atoms with Crippen LogP contribution < -0.4 is 21.4 Å². The van der Waals surface area contributed by atoms with Crippen molar-refractivity contribution in [3.63, 3.8) is 0 Å². The van der Waals surface area contributed by atoms with Crippen molar-refractivity contribution >= 4 is 40.9 Å². The maximum absolute atomic E-state index is 15.7. The molecule has 4 rings (SSSR count). The van der Waals surface area contributed by atoms with Gasteiger partial charge in [-0.15, -0.1) is 12.4 Å². The van der Waals surface area contributed by atoms with Gasteiger partial charge in [0.1, 0.15) is 17.1 Å². The van der Waals surface area contributed by atoms with Gasteiger partial charge in [-0.25, -0.2) is 13.6 Å². The number of aromatic carboxylic acids is 1. The van der Waals surface area contributed by atoms with Crippen LogP contribution >= 0.6 is 12.4 Å². The number of fused-ring (bicyclic) bond motifs is 1. The van der Waals surface area contributed by atoms with Crippen molar-refractivity contribution in [1.29, 1.82) is 0 Å². The number of carboxylic acids is 1. The van der Waals surface area contributed by atoms with Crippen LogP contribution in [-0.2, 0) is 4.79 Å². The molecule has 1 aromatic carbocycles. The van der Waals surface area contributed by atoms with Crippen LogP contribution in [0.25, 0.3) is 10.9 Å². The third-order valence-electron chi connectivity index (χ3n) is 6.33. The van der Waals surface area contributed by atoms with Crippen molar-refractivity contribution in [1.82, 2.24) is 9.88 Å². The molecule has 1 aliphatic heterocycles. The summed E-state index contributed by atoms with van der Waals surface area (Å²) in [6.45, 7) is 4.48. The number of aromatic nitrogens is 1. The fourth-order valence-corrected chi connectivity index (χ4v) is 4.33. The summed E-state index contributed by atoms with van der Waals surface area (Å²) in [7, 11) is 0. The summed E-state index contributed by atoms with van der Waals surface area (Å²) >= 11 is 0. The Labute approximate surface area is 195 Å². The largest absolute Gasteiger partial charge is 0.477 e. The Kier molecular flexibility index (Phi) is 6.72. The predicted octanol–water partition coefficient (Wildman–Crippen LogP) is 2.41. The molecule has 8 nitrogen and oxygen atoms in total. The summed E-state index contributed by atoms with van der Waals surface area (Å²) < 4.78 is 32.3. The molecular formula is C22H27ClF2N4O4. The minimum absolute atomic E-state index is 0. The van der Waals surface area contributed by atoms with Gasteiger partial charge >= 0.3 is 5.97 Å². The molecule has 2 fully saturated rings. The van der Waals surface area contributed by atoms with Crippen molar-refractivity contribution in [3.05, 3.63) is 39.7 Å². The second kappa shape index (κ2) is 8.90. The minimum Gasteiger partial charge on any atom is -0.477 e. The number of nitrogens with two attached hydrogens (primary N) is 1. The molecule has 2 aromatic rings. The number of nitrogens with one attached hydrogen (secondary N) is 1. The lowest BCUT2D eigenvalue weighted by Gasteiger charge is -2.27. The smallest absolute Gasteiger partial charge is 0.341 e. The summed E-state index contributed by atoms with van der Waals surface area (Å²) in [5.74, 6) is -3.51. The van der Waals surface area contributed by atoms with Crippen LogP contribution in [0, 0.1) is 17.0 Å². The number of anilines is 1. The Hall–Kier alpha value is -2.72. The maximum Gasteiger partial charge on any atom is 0.341 e. The minimum atomic E-state index is -1.43. The van der Waals surface area contributed by atoms with E-state index in [1.807, 2.05) is 6.92 Å². The zero-order valence-electron chi connectivity index (χ0n) is 18.4. The monoisotopic (exact) mass is 484 g/mol. The molecule has 180 valence electrons. The van der Waals surface area contributed by atoms with E-state index in [-0.39, 0.29) is 40.9 Å². The predicted molar refractivity (Wildman–Crippen MR) is 122 cm³/mol. The molecular weight excluding hydrogens is 458 g/mol. The molecule has 2 unspecified atom stereocenters. The van der Waals surface area contributed by atoms with E-state index in [1.165, 1.54) is 4.57 Å². The number of nitrogens with zero attached hydrogens (tertiary/aromatic N) is 2. The van der Waals surface area contributed by atoms with Gasteiger partial charge in [0.15, 0.2) is 5.82 Å². The molecule has 0 radical (unpaired) electrons. The maximum atomic E-state index is 15.7. The van der Waals surface area contributed by atoms with Crippen LogP contribution in [0.1, 0.15) is 49.5 Å². The van der Waals surface area contributed by atoms with Crippen molar-refractivity contribution in [3.8, 4) is 0 Å². The van der Waals surface area contributed by atoms with Crippen molar-refractivity contribution in [2.75, 3.05) is 24.5 Å². The Morgan fingerprint density at radius 3 is 2.61 bits per heavy atom. The van der Waals surface area contributed by atoms with Gasteiger partial charge < -0.3 is 25.6 Å². The average Bonchev–Trinajstić information content (AvgIpc) is 3.49. The van der Waals surface area contributed by atoms with E-state index in [9.17, 15) is 19.5 Å². The molecule has 0 spiro atoms. The van der Waals surface area contributed by atoms with Crippen LogP contribution in [0.5, 0.6) is 0 Å². The van der Waals surface area contributed by atoms with E-state index < -0.39 is 40.1 Å². The van der Waals surface area contributed by atoms with E-state index in [2.05, 4.69) is 5.32 Å². The van der Waals surface area contributed by atoms with Crippen LogP contribution in [0.2, 0.25) is 0 Å². The lowest BCUT2D eigenvalue weighted by molar-refractivity contribution is -0.122. The first-order valence-corrected chi connectivity index (χ1v) is 10.6. The topological polar surface area (TPSA) is 118 Å². The molecule has 0 bridgehead atoms. The Bertz CT molecular complexity index is 1180. The van der Waals surface area contributed by atoms with Gasteiger partial charge in [0.25, 0.3) is 0 Å². The van der Waals surface area contributed by atoms with Crippen molar-refractivity contribution in [2.24, 2.45) is 11.1 Å². The van der Waals surface area contributed by atoms with Crippen molar-refractivity contribution < 1.29 is 23.5 Å². The standard InChI is InChI=1S/C22H26F2N4O4.ClH/c1-11(25)20(30)26-9-22(2)5-6-27(10-22)18-15(23)7-13-17(16(18)24)28(12-3-4-12)8-14(19(13)29)21(31)32;/h7-8,11-12H,3-6,9-10,25H2,1-2H3,(H,26,30)(H,31,32);1H. The third kappa shape index (κ3) is 4.54. The van der Waals surface area contributed by atoms with Gasteiger partial charge in [0.05, 0.1) is 16.9 Å². The molecule has 4 N–H and O–H groups in total. The molecule has 1 amide bonds. The van der Waals surface area contributed by atoms with E-state index in [4.69, 9.17) is 5.73 Å². The second-order valence-corrected chi connectivity index (χ2v) is 9.22. The van der Waals surface area contributed by atoms with E-state index >= 15 is 8.78 Å². The number of carbonyl (C=O) groups is 2. The lowest BCUT2D eigenvalue weighted by atomic mass is 9.89. The zero-order chi connectivity index (χ0) is 23.4. The molecule has 1 saturated heterocycles. The summed E-state index contributed by atoms with van der Waals surface area (Å²) in [6, 6.07) is 0.164. The number of rotatable bonds is 6. The molecule has 1 saturated carbocycles. The van der Waals surface area contributed by atoms with Crippen molar-refractivity contribution in [2.45, 2.75) is 45.2 Å². The zero-order valence-corrected chi connectivity index (χ0v) is 19.2. The Morgan fingerprint density at radius 1 is 1.36 bits per heavy atom. The SMILES string of the molecule is CC(N)C(=O)NCC1(C)CCN(c2c(F)cc3c(=O)c(C(=O)O)cn(C4CC4)c3c2F)C1.Cl. The van der Waals surface area contributed by atoms with Gasteiger partial charge in [0.2, 0.25) is 11.3 Å². The fraction of sp³-hybridized carbons (Fsp3) is 0.500. The number of amides is 1. The van der Waals surface area contributed by atoms with Gasteiger partial charge in [-0.1, -0.05) is 6.92 Å². The highest BCUT2D eigenvalue weighted by molar-refractivity contribution is 5.94. The highest BCUT2D eigenvalue weighted by atomic mass is 35.5. The summed E-state index contributed by atoms with van der Waals surface area (Å²) in [6.07, 6.45) is 3.21. The Morgan fingerprint density at radius 2 is 2.03 bits per heavy atom. The number of carboxylic acid groups (broad SMARTS) is 1. The van der Waals surface area contributed by atoms with Crippen LogP contribution in [0.3, 0.4) is 0 Å². The molecule has 2 atom stereocenters. The third-order valence-corrected chi connectivity index (χ3v) is 6.33. The second-order valence-electron chi connectivity index (χ2n) is 9.22. The number of hydrogen-bond acceptors (Lipinski definition) is 5. The van der Waals surface area contributed by atoms with Gasteiger partial charge in [-0.3, -0.25) is 9.59 Å². The van der Waals surface area contributed by atoms with E-state index in [0.717, 1.165) is 25.1 Å². The molecule has 2 aliphatic rings. The van der Waals surface area contributed by atoms with Crippen LogP contribution in [0.4, 0.5) is 14.5 Å². The van der Waals surface area contributed by atoms with E-state index in [1.54, 1.807) is 11.8 Å². The first kappa shape index (κ1) is 24.9. The average molecular weight is 485 g/mol. The van der Waals surface area contributed by atoms with Gasteiger partial charge in [-0.2, -0.15) is 0 Å². The normalized spacial score (nSPS) is 21.1. The number of carbonyl (C=O) groups excluding carboxylic acids is 1. The van der Waals surface area contributed by atoms with Gasteiger partial charge in [0, 0.05) is 37.3 Å². The summed E-state index contributed by atoms with van der Waals surface area (Å²) in [4.78, 5) is 37.5. The fourth-order valence-electron chi connectivity index (χ4n) is 4.33. The molecule has 1 aliphatic carbocycles. The first-order valence-electron chi connectivity index (χ1n) is 10.6. The number of benzene rings is 1. The van der Waals surface area contributed by atoms with E-state index in [0.29, 0.717) is 26.1 Å². The highest BCUT2D eigenvalue weighted by Crippen LogP contribution is 2.41. The first-order chi connectivity index (χ1) is 15.0. The van der Waals surface area contributed by atoms with Crippen LogP contribution in [-0.4, -0.2) is 47.2 Å². The molecule has 1 aromatic heterocycles. The molecule has 2 heterocycles. The van der Waals surface area contributed by atoms with Crippen LogP contribution in [0.15, 0.2) is 17.1 Å². The summed E-state index contributed by atoms with van der Waals surface area (Å²) in [5, 5.41) is 11.8. The Balaban J connectivity index is 0.00000306. The lowest BCUT2D eigenvalue weighted by Crippen LogP contribution is -2.44. The number of hydrogen-bond donors (Lipinski definition) is 3. The quantitative estimate of drug-likeness (QED) is 0.579. The van der Waals surface area contributed by atoms with Gasteiger partial charge in [-0.05, 0) is 32.3 Å². The molecule has 11 heteroatoms. The summed E-state index contributed by atoms with van der Waals surface area (Å²) in [5.41, 5.74) is 3.44.